The number of nitrogens with one attached hydrogen (secondary N) is 3. The van der Waals surface area contributed by atoms with Crippen LogP contribution in [-0.2, 0) is 11.3 Å². The SMILES string of the molecule is Cc1cc(C)c(CNC(=O)c2cc(-c3ccc(N4CCN(CCNC(=O)CC5[C@H]6C[C@@H]7C[C@@H](C[C@H]5C7)C6)CC4)nc3)cc3c2c(C)cn3C(C)C)c(=O)[nH]1. The second-order valence-electron chi connectivity index (χ2n) is 17.2. The van der Waals surface area contributed by atoms with Crippen LogP contribution >= 0.6 is 0 Å². The lowest BCUT2D eigenvalue weighted by molar-refractivity contribution is -0.126. The first-order valence-corrected chi connectivity index (χ1v) is 20.3. The van der Waals surface area contributed by atoms with E-state index >= 15 is 0 Å². The van der Waals surface area contributed by atoms with E-state index in [4.69, 9.17) is 4.98 Å². The summed E-state index contributed by atoms with van der Waals surface area (Å²) in [4.78, 5) is 52.0. The van der Waals surface area contributed by atoms with Crippen molar-refractivity contribution in [3.63, 3.8) is 0 Å². The molecule has 3 N–H and O–H groups in total. The zero-order chi connectivity index (χ0) is 37.7. The van der Waals surface area contributed by atoms with E-state index in [0.29, 0.717) is 23.6 Å². The first kappa shape index (κ1) is 36.5. The zero-order valence-electron chi connectivity index (χ0n) is 32.7. The fourth-order valence-electron chi connectivity index (χ4n) is 10.7. The van der Waals surface area contributed by atoms with Crippen molar-refractivity contribution in [3.8, 4) is 11.1 Å². The molecule has 5 aliphatic rings. The molecule has 54 heavy (non-hydrogen) atoms. The number of aromatic amines is 1. The number of carbonyl (C=O) groups is 2. The molecule has 4 aromatic rings. The van der Waals surface area contributed by atoms with Gasteiger partial charge in [-0.05, 0) is 143 Å². The molecule has 0 spiro atoms. The van der Waals surface area contributed by atoms with Gasteiger partial charge in [0.25, 0.3) is 11.5 Å². The normalized spacial score (nSPS) is 23.7. The van der Waals surface area contributed by atoms with Crippen molar-refractivity contribution in [2.75, 3.05) is 44.2 Å². The van der Waals surface area contributed by atoms with Crippen LogP contribution < -0.4 is 21.1 Å². The summed E-state index contributed by atoms with van der Waals surface area (Å²) in [7, 11) is 0. The van der Waals surface area contributed by atoms with E-state index in [1.54, 1.807) is 0 Å². The van der Waals surface area contributed by atoms with Gasteiger partial charge in [-0.25, -0.2) is 4.98 Å². The molecule has 286 valence electrons. The highest BCUT2D eigenvalue weighted by Gasteiger charge is 2.48. The highest BCUT2D eigenvalue weighted by atomic mass is 16.2. The maximum absolute atomic E-state index is 13.9. The molecule has 1 aliphatic heterocycles. The quantitative estimate of drug-likeness (QED) is 0.162. The fraction of sp³-hybridized carbons (Fsp3) is 0.545. The molecule has 1 aromatic carbocycles. The number of pyridine rings is 2. The smallest absolute Gasteiger partial charge is 0.253 e. The lowest BCUT2D eigenvalue weighted by atomic mass is 9.51. The summed E-state index contributed by atoms with van der Waals surface area (Å²) in [5.74, 6) is 5.09. The molecule has 5 fully saturated rings. The van der Waals surface area contributed by atoms with Crippen LogP contribution in [0.5, 0.6) is 0 Å². The van der Waals surface area contributed by atoms with E-state index in [1.165, 1.54) is 32.1 Å². The lowest BCUT2D eigenvalue weighted by Gasteiger charge is -2.54. The van der Waals surface area contributed by atoms with Crippen molar-refractivity contribution in [3.05, 3.63) is 81.0 Å². The Labute approximate surface area is 319 Å². The van der Waals surface area contributed by atoms with Gasteiger partial charge in [-0.3, -0.25) is 19.3 Å². The van der Waals surface area contributed by atoms with Crippen LogP contribution in [0.15, 0.2) is 47.5 Å². The number of anilines is 1. The Hall–Kier alpha value is -4.44. The zero-order valence-corrected chi connectivity index (χ0v) is 32.7. The average molecular weight is 732 g/mol. The third-order valence-electron chi connectivity index (χ3n) is 13.2. The second-order valence-corrected chi connectivity index (χ2v) is 17.2. The van der Waals surface area contributed by atoms with Crippen LogP contribution in [0.25, 0.3) is 22.0 Å². The number of carbonyl (C=O) groups excluding carboxylic acids is 2. The van der Waals surface area contributed by atoms with Gasteiger partial charge in [-0.1, -0.05) is 0 Å². The van der Waals surface area contributed by atoms with Gasteiger partial charge in [0.05, 0.1) is 0 Å². The first-order chi connectivity index (χ1) is 26.0. The monoisotopic (exact) mass is 731 g/mol. The highest BCUT2D eigenvalue weighted by molar-refractivity contribution is 6.09. The van der Waals surface area contributed by atoms with Gasteiger partial charge >= 0.3 is 0 Å². The molecule has 4 heterocycles. The topological polar surface area (TPSA) is 115 Å². The molecule has 4 bridgehead atoms. The summed E-state index contributed by atoms with van der Waals surface area (Å²) in [6.45, 7) is 15.5. The number of aryl methyl sites for hydroxylation is 3. The molecular weight excluding hydrogens is 675 g/mol. The predicted octanol–water partition coefficient (Wildman–Crippen LogP) is 6.53. The third kappa shape index (κ3) is 7.33. The van der Waals surface area contributed by atoms with Gasteiger partial charge in [-0.2, -0.15) is 0 Å². The van der Waals surface area contributed by atoms with Gasteiger partial charge in [0.2, 0.25) is 5.91 Å². The van der Waals surface area contributed by atoms with Gasteiger partial charge in [0.1, 0.15) is 5.82 Å². The molecule has 4 saturated carbocycles. The minimum Gasteiger partial charge on any atom is -0.355 e. The van der Waals surface area contributed by atoms with Crippen LogP contribution in [0, 0.1) is 50.4 Å². The Morgan fingerprint density at radius 1 is 0.889 bits per heavy atom. The second kappa shape index (κ2) is 15.0. The number of H-pyrrole nitrogens is 1. The third-order valence-corrected chi connectivity index (χ3v) is 13.2. The minimum atomic E-state index is -0.212. The number of aromatic nitrogens is 3. The molecule has 2 amide bonds. The number of amides is 2. The molecule has 10 heteroatoms. The summed E-state index contributed by atoms with van der Waals surface area (Å²) >= 11 is 0. The first-order valence-electron chi connectivity index (χ1n) is 20.3. The molecule has 0 unspecified atom stereocenters. The van der Waals surface area contributed by atoms with Gasteiger partial charge in [0.15, 0.2) is 0 Å². The molecule has 0 radical (unpaired) electrons. The highest BCUT2D eigenvalue weighted by Crippen LogP contribution is 2.57. The van der Waals surface area contributed by atoms with Crippen molar-refractivity contribution < 1.29 is 9.59 Å². The summed E-state index contributed by atoms with van der Waals surface area (Å²) in [5, 5.41) is 7.22. The standard InChI is InChI=1S/C44H57N7O3/c1-26(2)51-25-28(4)42-37(43(53)47-24-38-27(3)14-29(5)48-44(38)54)20-33(21-39(42)51)32-6-7-40(46-23-32)50-12-10-49(11-13-50)9-8-45-41(52)22-36-34-16-30-15-31(18-34)19-35(36)17-30/h6-7,14,20-21,23,25-26,30-31,34-36H,8-13,15-19,22,24H2,1-5H3,(H,45,52)(H,47,53)(H,48,54)/t30-,31+,34-,35+,36?. The Morgan fingerprint density at radius 2 is 1.61 bits per heavy atom. The Kier molecular flexibility index (Phi) is 10.2. The maximum atomic E-state index is 13.9. The van der Waals surface area contributed by atoms with E-state index in [1.807, 2.05) is 39.1 Å². The summed E-state index contributed by atoms with van der Waals surface area (Å²) < 4.78 is 2.22. The van der Waals surface area contributed by atoms with Crippen molar-refractivity contribution >= 4 is 28.5 Å². The predicted molar refractivity (Wildman–Crippen MR) is 215 cm³/mol. The largest absolute Gasteiger partial charge is 0.355 e. The lowest BCUT2D eigenvalue weighted by Crippen LogP contribution is -2.49. The number of hydrogen-bond donors (Lipinski definition) is 3. The van der Waals surface area contributed by atoms with Crippen LogP contribution in [0.4, 0.5) is 5.82 Å². The number of hydrogen-bond acceptors (Lipinski definition) is 6. The molecule has 0 atom stereocenters. The van der Waals surface area contributed by atoms with Crippen LogP contribution in [0.3, 0.4) is 0 Å². The van der Waals surface area contributed by atoms with Crippen molar-refractivity contribution in [1.82, 2.24) is 30.1 Å². The van der Waals surface area contributed by atoms with Crippen molar-refractivity contribution in [2.45, 2.75) is 85.7 Å². The number of nitrogens with zero attached hydrogens (tertiary/aromatic N) is 4. The molecule has 1 saturated heterocycles. The maximum Gasteiger partial charge on any atom is 0.253 e. The van der Waals surface area contributed by atoms with Crippen LogP contribution in [0.1, 0.15) is 91.2 Å². The molecule has 4 aliphatic carbocycles. The number of benzene rings is 1. The minimum absolute atomic E-state index is 0.149. The van der Waals surface area contributed by atoms with E-state index in [0.717, 1.165) is 107 Å². The Bertz CT molecular complexity index is 2060. The Balaban J connectivity index is 0.890. The molecular formula is C44H57N7O3. The number of piperazine rings is 1. The van der Waals surface area contributed by atoms with Gasteiger partial charge in [0, 0.05) is 104 Å². The van der Waals surface area contributed by atoms with Crippen LogP contribution in [-0.4, -0.2) is 70.5 Å². The fourth-order valence-corrected chi connectivity index (χ4v) is 10.7. The van der Waals surface area contributed by atoms with Gasteiger partial charge < -0.3 is 25.1 Å². The van der Waals surface area contributed by atoms with E-state index in [2.05, 4.69) is 68.2 Å². The van der Waals surface area contributed by atoms with Crippen molar-refractivity contribution in [2.24, 2.45) is 29.6 Å². The van der Waals surface area contributed by atoms with Gasteiger partial charge in [-0.15, -0.1) is 0 Å². The van der Waals surface area contributed by atoms with E-state index < -0.39 is 0 Å². The van der Waals surface area contributed by atoms with E-state index in [9.17, 15) is 14.4 Å². The summed E-state index contributed by atoms with van der Waals surface area (Å²) in [5.41, 5.74) is 6.53. The molecule has 10 nitrogen and oxygen atoms in total. The Morgan fingerprint density at radius 3 is 2.26 bits per heavy atom. The number of rotatable bonds is 11. The average Bonchev–Trinajstić information content (AvgIpc) is 3.48. The van der Waals surface area contributed by atoms with Crippen LogP contribution in [0.2, 0.25) is 0 Å². The van der Waals surface area contributed by atoms with Crippen molar-refractivity contribution in [1.29, 1.82) is 0 Å². The number of fused-ring (bicyclic) bond motifs is 1. The molecule has 3 aromatic heterocycles. The van der Waals surface area contributed by atoms with E-state index in [-0.39, 0.29) is 30.0 Å². The summed E-state index contributed by atoms with van der Waals surface area (Å²) in [6.07, 6.45) is 11.7. The molecule has 9 rings (SSSR count). The summed E-state index contributed by atoms with van der Waals surface area (Å²) in [6, 6.07) is 10.4.